The highest BCUT2D eigenvalue weighted by molar-refractivity contribution is 7.08. The summed E-state index contributed by atoms with van der Waals surface area (Å²) in [4.78, 5) is 38.9. The minimum atomic E-state index is -0.686. The molecule has 1 aromatic heterocycles. The Morgan fingerprint density at radius 2 is 2.00 bits per heavy atom. The van der Waals surface area contributed by atoms with Gasteiger partial charge in [-0.05, 0) is 0 Å². The van der Waals surface area contributed by atoms with Crippen LogP contribution in [0.1, 0.15) is 19.3 Å². The summed E-state index contributed by atoms with van der Waals surface area (Å²) in [7, 11) is 0. The van der Waals surface area contributed by atoms with E-state index < -0.39 is 17.8 Å². The van der Waals surface area contributed by atoms with E-state index in [0.29, 0.717) is 17.4 Å². The van der Waals surface area contributed by atoms with Crippen LogP contribution in [0.3, 0.4) is 0 Å². The molecule has 23 heavy (non-hydrogen) atoms. The first-order valence-corrected chi connectivity index (χ1v) is 8.07. The molecule has 1 fully saturated rings. The standard InChI is InChI=1S/C14H15NO7S/c16-12-1-2-13(17)15(12)22-14(18)3-4-19-5-9-6-20-10-7-23-8-11(10)21-9/h7-9H,1-6H2. The summed E-state index contributed by atoms with van der Waals surface area (Å²) in [6.45, 7) is 0.751. The molecule has 1 saturated heterocycles. The van der Waals surface area contributed by atoms with E-state index in [2.05, 4.69) is 0 Å². The average molecular weight is 341 g/mol. The number of ether oxygens (including phenoxy) is 3. The molecule has 2 aliphatic heterocycles. The third-order valence-electron chi connectivity index (χ3n) is 3.26. The van der Waals surface area contributed by atoms with Gasteiger partial charge in [-0.3, -0.25) is 9.59 Å². The third kappa shape index (κ3) is 3.80. The van der Waals surface area contributed by atoms with Gasteiger partial charge in [0.1, 0.15) is 6.61 Å². The van der Waals surface area contributed by atoms with Crippen LogP contribution in [0.15, 0.2) is 10.8 Å². The van der Waals surface area contributed by atoms with E-state index in [9.17, 15) is 14.4 Å². The second-order valence-electron chi connectivity index (χ2n) is 5.02. The zero-order valence-corrected chi connectivity index (χ0v) is 13.0. The van der Waals surface area contributed by atoms with E-state index in [1.165, 1.54) is 11.3 Å². The van der Waals surface area contributed by atoms with E-state index in [-0.39, 0.29) is 38.6 Å². The SMILES string of the molecule is O=C(CCOCC1COc2cscc2O1)ON1C(=O)CCC1=O. The van der Waals surface area contributed by atoms with Gasteiger partial charge < -0.3 is 19.0 Å². The second kappa shape index (κ2) is 6.97. The van der Waals surface area contributed by atoms with Crippen molar-refractivity contribution in [3.63, 3.8) is 0 Å². The fourth-order valence-electron chi connectivity index (χ4n) is 2.12. The van der Waals surface area contributed by atoms with Crippen LogP contribution in [0.25, 0.3) is 0 Å². The summed E-state index contributed by atoms with van der Waals surface area (Å²) in [5.74, 6) is -0.253. The van der Waals surface area contributed by atoms with Crippen LogP contribution >= 0.6 is 11.3 Å². The van der Waals surface area contributed by atoms with Crippen molar-refractivity contribution in [3.05, 3.63) is 10.8 Å². The fourth-order valence-corrected chi connectivity index (χ4v) is 2.79. The molecule has 8 nitrogen and oxygen atoms in total. The number of hydroxylamine groups is 2. The minimum Gasteiger partial charge on any atom is -0.485 e. The normalized spacial score (nSPS) is 20.0. The number of fused-ring (bicyclic) bond motifs is 1. The maximum absolute atomic E-state index is 11.6. The lowest BCUT2D eigenvalue weighted by Crippen LogP contribution is -2.34. The van der Waals surface area contributed by atoms with Gasteiger partial charge in [-0.25, -0.2) is 4.79 Å². The number of carbonyl (C=O) groups is 3. The number of nitrogens with zero attached hydrogens (tertiary/aromatic N) is 1. The Morgan fingerprint density at radius 3 is 2.78 bits per heavy atom. The molecule has 1 atom stereocenters. The van der Waals surface area contributed by atoms with Gasteiger partial charge >= 0.3 is 5.97 Å². The molecule has 0 aliphatic carbocycles. The molecule has 0 bridgehead atoms. The lowest BCUT2D eigenvalue weighted by atomic mass is 10.3. The highest BCUT2D eigenvalue weighted by Gasteiger charge is 2.32. The van der Waals surface area contributed by atoms with Gasteiger partial charge in [-0.2, -0.15) is 0 Å². The molecule has 1 aromatic rings. The Kier molecular flexibility index (Phi) is 4.77. The molecule has 0 radical (unpaired) electrons. The zero-order chi connectivity index (χ0) is 16.2. The fraction of sp³-hybridized carbons (Fsp3) is 0.500. The summed E-state index contributed by atoms with van der Waals surface area (Å²) in [6.07, 6.45) is -0.151. The molecule has 0 aromatic carbocycles. The maximum atomic E-state index is 11.6. The molecular weight excluding hydrogens is 326 g/mol. The largest absolute Gasteiger partial charge is 0.485 e. The van der Waals surface area contributed by atoms with Crippen LogP contribution in [-0.2, 0) is 24.0 Å². The predicted octanol–water partition coefficient (Wildman–Crippen LogP) is 0.902. The van der Waals surface area contributed by atoms with E-state index in [4.69, 9.17) is 19.0 Å². The zero-order valence-electron chi connectivity index (χ0n) is 12.2. The topological polar surface area (TPSA) is 91.4 Å². The molecule has 2 amide bonds. The summed E-state index contributed by atoms with van der Waals surface area (Å²) < 4.78 is 16.5. The van der Waals surface area contributed by atoms with Crippen LogP contribution in [0.2, 0.25) is 0 Å². The third-order valence-corrected chi connectivity index (χ3v) is 3.96. The van der Waals surface area contributed by atoms with E-state index in [0.717, 1.165) is 5.75 Å². The predicted molar refractivity (Wildman–Crippen MR) is 76.8 cm³/mol. The number of amides is 2. The van der Waals surface area contributed by atoms with Crippen molar-refractivity contribution >= 4 is 29.1 Å². The van der Waals surface area contributed by atoms with E-state index in [1.54, 1.807) is 0 Å². The van der Waals surface area contributed by atoms with Crippen LogP contribution < -0.4 is 9.47 Å². The number of hydrogen-bond donors (Lipinski definition) is 0. The van der Waals surface area contributed by atoms with Crippen LogP contribution in [0.4, 0.5) is 0 Å². The molecule has 0 N–H and O–H groups in total. The highest BCUT2D eigenvalue weighted by atomic mass is 32.1. The monoisotopic (exact) mass is 341 g/mol. The van der Waals surface area contributed by atoms with Crippen molar-refractivity contribution in [2.75, 3.05) is 19.8 Å². The van der Waals surface area contributed by atoms with Crippen LogP contribution in [0.5, 0.6) is 11.5 Å². The molecule has 0 saturated carbocycles. The smallest absolute Gasteiger partial charge is 0.335 e. The quantitative estimate of drug-likeness (QED) is 0.561. The number of carbonyl (C=O) groups excluding carboxylic acids is 3. The number of rotatable bonds is 6. The number of thiophene rings is 1. The second-order valence-corrected chi connectivity index (χ2v) is 5.76. The molecule has 3 rings (SSSR count). The van der Waals surface area contributed by atoms with Gasteiger partial charge in [-0.1, -0.05) is 0 Å². The number of hydrogen-bond acceptors (Lipinski definition) is 8. The van der Waals surface area contributed by atoms with Crippen molar-refractivity contribution in [2.45, 2.75) is 25.4 Å². The van der Waals surface area contributed by atoms with E-state index in [1.807, 2.05) is 10.8 Å². The Hall–Kier alpha value is -2.13. The highest BCUT2D eigenvalue weighted by Crippen LogP contribution is 2.35. The van der Waals surface area contributed by atoms with Gasteiger partial charge in [0.05, 0.1) is 19.6 Å². The summed E-state index contributed by atoms with van der Waals surface area (Å²) in [6, 6.07) is 0. The Balaban J connectivity index is 1.33. The first-order chi connectivity index (χ1) is 11.1. The molecule has 124 valence electrons. The summed E-state index contributed by atoms with van der Waals surface area (Å²) in [5.41, 5.74) is 0. The molecule has 2 aliphatic rings. The first kappa shape index (κ1) is 15.8. The minimum absolute atomic E-state index is 0.0612. The maximum Gasteiger partial charge on any atom is 0.335 e. The van der Waals surface area contributed by atoms with Gasteiger partial charge in [0.2, 0.25) is 0 Å². The number of imide groups is 1. The van der Waals surface area contributed by atoms with Crippen molar-refractivity contribution < 1.29 is 33.4 Å². The molecule has 1 unspecified atom stereocenters. The molecular formula is C14H15NO7S. The van der Waals surface area contributed by atoms with Gasteiger partial charge in [0.25, 0.3) is 11.8 Å². The van der Waals surface area contributed by atoms with Crippen molar-refractivity contribution in [3.8, 4) is 11.5 Å². The summed E-state index contributed by atoms with van der Waals surface area (Å²) in [5, 5.41) is 4.24. The van der Waals surface area contributed by atoms with Gasteiger partial charge in [0, 0.05) is 23.6 Å². The molecule has 9 heteroatoms. The first-order valence-electron chi connectivity index (χ1n) is 7.13. The molecule has 3 heterocycles. The van der Waals surface area contributed by atoms with Gasteiger partial charge in [-0.15, -0.1) is 16.4 Å². The van der Waals surface area contributed by atoms with E-state index >= 15 is 0 Å². The van der Waals surface area contributed by atoms with Crippen LogP contribution in [0, 0.1) is 0 Å². The Labute approximate surface area is 135 Å². The van der Waals surface area contributed by atoms with Crippen LogP contribution in [-0.4, -0.2) is 48.8 Å². The average Bonchev–Trinajstić information content (AvgIpc) is 3.12. The summed E-state index contributed by atoms with van der Waals surface area (Å²) >= 11 is 1.49. The lowest BCUT2D eigenvalue weighted by molar-refractivity contribution is -0.198. The van der Waals surface area contributed by atoms with Crippen molar-refractivity contribution in [1.29, 1.82) is 0 Å². The lowest BCUT2D eigenvalue weighted by Gasteiger charge is -2.24. The molecule has 0 spiro atoms. The Bertz CT molecular complexity index is 598. The Morgan fingerprint density at radius 1 is 1.26 bits per heavy atom. The van der Waals surface area contributed by atoms with Gasteiger partial charge in [0.15, 0.2) is 17.6 Å². The van der Waals surface area contributed by atoms with Crippen molar-refractivity contribution in [2.24, 2.45) is 0 Å². The van der Waals surface area contributed by atoms with Crippen molar-refractivity contribution in [1.82, 2.24) is 5.06 Å².